The lowest BCUT2D eigenvalue weighted by atomic mass is 9.99. The average Bonchev–Trinajstić information content (AvgIpc) is 3.17. The van der Waals surface area contributed by atoms with Crippen LogP contribution in [0.4, 0.5) is 13.2 Å². The smallest absolute Gasteiger partial charge is 0.450 e. The van der Waals surface area contributed by atoms with E-state index in [9.17, 15) is 26.4 Å². The van der Waals surface area contributed by atoms with Gasteiger partial charge in [-0.05, 0) is 24.6 Å². The zero-order valence-electron chi connectivity index (χ0n) is 18.0. The number of sulfone groups is 1. The second kappa shape index (κ2) is 8.02. The molecule has 0 saturated carbocycles. The molecule has 3 aromatic rings. The molecule has 3 heterocycles. The van der Waals surface area contributed by atoms with Crippen LogP contribution in [0.15, 0.2) is 45.6 Å². The Hall–Kier alpha value is -3.05. The van der Waals surface area contributed by atoms with Crippen molar-refractivity contribution in [3.05, 3.63) is 57.9 Å². The first-order chi connectivity index (χ1) is 16.1. The fourth-order valence-electron chi connectivity index (χ4n) is 4.58. The number of ether oxygens (including phenoxy) is 2. The van der Waals surface area contributed by atoms with Crippen LogP contribution in [0.5, 0.6) is 11.5 Å². The number of rotatable bonds is 3. The third-order valence-electron chi connectivity index (χ3n) is 6.23. The van der Waals surface area contributed by atoms with E-state index in [4.69, 9.17) is 13.9 Å². The van der Waals surface area contributed by atoms with Gasteiger partial charge in [0, 0.05) is 18.2 Å². The molecule has 0 N–H and O–H groups in total. The molecule has 7 nitrogen and oxygen atoms in total. The Labute approximate surface area is 192 Å². The molecule has 11 heteroatoms. The molecular weight excluding hydrogens is 475 g/mol. The lowest BCUT2D eigenvalue weighted by Gasteiger charge is -2.33. The number of hydrogen-bond donors (Lipinski definition) is 0. The molecule has 0 spiro atoms. The fraction of sp³-hybridized carbons (Fsp3) is 0.348. The van der Waals surface area contributed by atoms with E-state index in [1.807, 2.05) is 0 Å². The largest absolute Gasteiger partial charge is 0.496 e. The van der Waals surface area contributed by atoms with Crippen LogP contribution in [-0.4, -0.2) is 44.7 Å². The molecule has 1 fully saturated rings. The molecule has 0 unspecified atom stereocenters. The van der Waals surface area contributed by atoms with Crippen LogP contribution in [0.25, 0.3) is 22.1 Å². The minimum absolute atomic E-state index is 0.0280. The van der Waals surface area contributed by atoms with Crippen molar-refractivity contribution >= 4 is 20.8 Å². The first kappa shape index (κ1) is 22.7. The zero-order chi connectivity index (χ0) is 24.3. The van der Waals surface area contributed by atoms with Gasteiger partial charge in [0.15, 0.2) is 9.84 Å². The summed E-state index contributed by atoms with van der Waals surface area (Å²) in [6.45, 7) is 0.190. The van der Waals surface area contributed by atoms with E-state index in [1.54, 1.807) is 11.0 Å². The normalized spacial score (nSPS) is 20.2. The molecule has 2 aliphatic rings. The zero-order valence-corrected chi connectivity index (χ0v) is 18.8. The van der Waals surface area contributed by atoms with Crippen LogP contribution in [0.1, 0.15) is 17.7 Å². The Balaban J connectivity index is 1.71. The molecule has 0 radical (unpaired) electrons. The summed E-state index contributed by atoms with van der Waals surface area (Å²) in [6.07, 6.45) is -4.55. The molecule has 2 aromatic carbocycles. The molecule has 0 amide bonds. The van der Waals surface area contributed by atoms with E-state index in [-0.39, 0.29) is 58.7 Å². The van der Waals surface area contributed by atoms with Crippen LogP contribution in [0.3, 0.4) is 0 Å². The van der Waals surface area contributed by atoms with E-state index in [2.05, 4.69) is 0 Å². The molecule has 34 heavy (non-hydrogen) atoms. The van der Waals surface area contributed by atoms with Crippen molar-refractivity contribution in [2.45, 2.75) is 25.2 Å². The molecule has 5 rings (SSSR count). The first-order valence-electron chi connectivity index (χ1n) is 10.5. The van der Waals surface area contributed by atoms with Gasteiger partial charge in [-0.1, -0.05) is 18.2 Å². The summed E-state index contributed by atoms with van der Waals surface area (Å²) >= 11 is 0. The maximum Gasteiger partial charge on any atom is 0.450 e. The van der Waals surface area contributed by atoms with Gasteiger partial charge in [-0.15, -0.1) is 0 Å². The second-order valence-electron chi connectivity index (χ2n) is 8.33. The minimum atomic E-state index is -4.96. The van der Waals surface area contributed by atoms with E-state index in [1.165, 1.54) is 37.4 Å². The van der Waals surface area contributed by atoms with Gasteiger partial charge in [0.2, 0.25) is 11.2 Å². The lowest BCUT2D eigenvalue weighted by molar-refractivity contribution is -0.152. The predicted molar refractivity (Wildman–Crippen MR) is 118 cm³/mol. The topological polar surface area (TPSA) is 86.1 Å². The van der Waals surface area contributed by atoms with Crippen molar-refractivity contribution in [1.29, 1.82) is 0 Å². The van der Waals surface area contributed by atoms with Crippen molar-refractivity contribution in [3.63, 3.8) is 0 Å². The highest BCUT2D eigenvalue weighted by atomic mass is 32.2. The molecular formula is C23H20F3NO6S. The summed E-state index contributed by atoms with van der Waals surface area (Å²) in [6, 6.07) is 8.52. The van der Waals surface area contributed by atoms with Crippen molar-refractivity contribution in [2.75, 3.05) is 25.3 Å². The van der Waals surface area contributed by atoms with Gasteiger partial charge in [-0.2, -0.15) is 13.2 Å². The Morgan fingerprint density at radius 1 is 1.15 bits per heavy atom. The maximum absolute atomic E-state index is 14.1. The minimum Gasteiger partial charge on any atom is -0.496 e. The third-order valence-corrected chi connectivity index (χ3v) is 7.98. The van der Waals surface area contributed by atoms with Gasteiger partial charge in [-0.25, -0.2) is 8.42 Å². The monoisotopic (exact) mass is 495 g/mol. The van der Waals surface area contributed by atoms with Crippen molar-refractivity contribution in [3.8, 4) is 22.6 Å². The number of halogens is 3. The molecule has 0 bridgehead atoms. The Bertz CT molecular complexity index is 1450. The summed E-state index contributed by atoms with van der Waals surface area (Å²) in [7, 11) is -1.87. The summed E-state index contributed by atoms with van der Waals surface area (Å²) in [4.78, 5) is 15.2. The predicted octanol–water partition coefficient (Wildman–Crippen LogP) is 3.83. The lowest BCUT2D eigenvalue weighted by Crippen LogP contribution is -2.41. The highest BCUT2D eigenvalue weighted by Crippen LogP contribution is 2.42. The summed E-state index contributed by atoms with van der Waals surface area (Å²) in [5.74, 6) is -1.03. The van der Waals surface area contributed by atoms with Gasteiger partial charge in [0.25, 0.3) is 0 Å². The number of nitrogens with zero attached hydrogens (tertiary/aromatic N) is 1. The van der Waals surface area contributed by atoms with Crippen LogP contribution >= 0.6 is 0 Å². The van der Waals surface area contributed by atoms with Crippen LogP contribution in [0.2, 0.25) is 0 Å². The molecule has 1 atom stereocenters. The van der Waals surface area contributed by atoms with E-state index in [0.717, 1.165) is 0 Å². The quantitative estimate of drug-likeness (QED) is 0.546. The van der Waals surface area contributed by atoms with E-state index in [0.29, 0.717) is 12.2 Å². The fourth-order valence-corrected chi connectivity index (χ4v) is 6.34. The van der Waals surface area contributed by atoms with Gasteiger partial charge in [0.1, 0.15) is 23.8 Å². The standard InChI is InChI=1S/C23H20F3NO6S/c1-31-17-5-3-2-4-14(17)19-20(28)15-6-7-18-16(21(15)33-22(19)23(24,25)26)10-27(12-32-18)13-8-9-34(29,30)11-13/h2-7,13H,8-12H2,1H3/t13-/m1/s1. The number of benzene rings is 2. The third kappa shape index (κ3) is 3.82. The second-order valence-corrected chi connectivity index (χ2v) is 10.6. The summed E-state index contributed by atoms with van der Waals surface area (Å²) in [5.41, 5.74) is -1.45. The Morgan fingerprint density at radius 3 is 2.59 bits per heavy atom. The first-order valence-corrected chi connectivity index (χ1v) is 12.3. The average molecular weight is 495 g/mol. The molecule has 1 saturated heterocycles. The molecule has 0 aliphatic carbocycles. The number of hydrogen-bond acceptors (Lipinski definition) is 7. The molecule has 180 valence electrons. The SMILES string of the molecule is COc1ccccc1-c1c(C(F)(F)F)oc2c3c(ccc2c1=O)OCN([C@@H]1CCS(=O)(=O)C1)C3. The molecule has 2 aliphatic heterocycles. The van der Waals surface area contributed by atoms with Gasteiger partial charge < -0.3 is 13.9 Å². The number of para-hydroxylation sites is 1. The van der Waals surface area contributed by atoms with Crippen LogP contribution in [0, 0.1) is 0 Å². The Kier molecular flexibility index (Phi) is 5.36. The number of fused-ring (bicyclic) bond motifs is 3. The van der Waals surface area contributed by atoms with Gasteiger partial charge in [0.05, 0.1) is 35.1 Å². The van der Waals surface area contributed by atoms with Gasteiger partial charge >= 0.3 is 6.18 Å². The van der Waals surface area contributed by atoms with Crippen molar-refractivity contribution < 1.29 is 35.5 Å². The van der Waals surface area contributed by atoms with Gasteiger partial charge in [-0.3, -0.25) is 9.69 Å². The van der Waals surface area contributed by atoms with Crippen molar-refractivity contribution in [1.82, 2.24) is 4.90 Å². The summed E-state index contributed by atoms with van der Waals surface area (Å²) < 4.78 is 82.5. The maximum atomic E-state index is 14.1. The summed E-state index contributed by atoms with van der Waals surface area (Å²) in [5, 5.41) is -0.0304. The highest BCUT2D eigenvalue weighted by molar-refractivity contribution is 7.91. The van der Waals surface area contributed by atoms with Crippen molar-refractivity contribution in [2.24, 2.45) is 0 Å². The highest BCUT2D eigenvalue weighted by Gasteiger charge is 2.41. The van der Waals surface area contributed by atoms with E-state index >= 15 is 0 Å². The molecule has 1 aromatic heterocycles. The van der Waals surface area contributed by atoms with Crippen LogP contribution in [-0.2, 0) is 22.6 Å². The Morgan fingerprint density at radius 2 is 1.91 bits per heavy atom. The van der Waals surface area contributed by atoms with E-state index < -0.39 is 32.8 Å². The van der Waals surface area contributed by atoms with Crippen LogP contribution < -0.4 is 14.9 Å². The number of methoxy groups -OCH3 is 1. The number of alkyl halides is 3.